The molecule has 0 rings (SSSR count). The number of nitrogens with one attached hydrogen (secondary N) is 1. The van der Waals surface area contributed by atoms with Gasteiger partial charge in [-0.15, -0.1) is 0 Å². The zero-order valence-electron chi connectivity index (χ0n) is 11.2. The fourth-order valence-corrected chi connectivity index (χ4v) is 1.61. The molecule has 0 aromatic carbocycles. The number of aliphatic carboxylic acids is 1. The lowest BCUT2D eigenvalue weighted by atomic mass is 10.1. The summed E-state index contributed by atoms with van der Waals surface area (Å²) in [7, 11) is 1.69. The fourth-order valence-electron chi connectivity index (χ4n) is 1.61. The molecular formula is C12H24N2O3. The topological polar surface area (TPSA) is 69.6 Å². The van der Waals surface area contributed by atoms with Crippen LogP contribution in [0.3, 0.4) is 0 Å². The second-order valence-corrected chi connectivity index (χ2v) is 4.38. The first-order valence-corrected chi connectivity index (χ1v) is 6.20. The normalized spacial score (nSPS) is 13.9. The van der Waals surface area contributed by atoms with Crippen molar-refractivity contribution in [3.8, 4) is 0 Å². The van der Waals surface area contributed by atoms with Gasteiger partial charge >= 0.3 is 12.0 Å². The van der Waals surface area contributed by atoms with E-state index in [0.29, 0.717) is 6.42 Å². The minimum Gasteiger partial charge on any atom is -0.480 e. The molecule has 0 bridgehead atoms. The summed E-state index contributed by atoms with van der Waals surface area (Å²) in [5, 5.41) is 11.5. The minimum absolute atomic E-state index is 0.121. The van der Waals surface area contributed by atoms with Gasteiger partial charge in [0.15, 0.2) is 0 Å². The Kier molecular flexibility index (Phi) is 7.34. The lowest BCUT2D eigenvalue weighted by Gasteiger charge is -2.26. The van der Waals surface area contributed by atoms with E-state index in [1.54, 1.807) is 11.9 Å². The Hall–Kier alpha value is -1.26. The van der Waals surface area contributed by atoms with Gasteiger partial charge in [-0.2, -0.15) is 0 Å². The quantitative estimate of drug-likeness (QED) is 0.720. The summed E-state index contributed by atoms with van der Waals surface area (Å²) >= 11 is 0. The number of carbonyl (C=O) groups is 2. The molecule has 0 saturated heterocycles. The Labute approximate surface area is 103 Å². The number of amides is 2. The van der Waals surface area contributed by atoms with Crippen LogP contribution in [-0.4, -0.2) is 41.1 Å². The summed E-state index contributed by atoms with van der Waals surface area (Å²) in [5.74, 6) is -0.975. The molecular weight excluding hydrogens is 220 g/mol. The van der Waals surface area contributed by atoms with E-state index in [2.05, 4.69) is 12.2 Å². The van der Waals surface area contributed by atoms with Crippen molar-refractivity contribution in [3.05, 3.63) is 0 Å². The van der Waals surface area contributed by atoms with Crippen LogP contribution >= 0.6 is 0 Å². The number of urea groups is 1. The predicted octanol–water partition coefficient (Wildman–Crippen LogP) is 2.07. The molecule has 0 aliphatic rings. The van der Waals surface area contributed by atoms with Crippen LogP contribution in [0.2, 0.25) is 0 Å². The van der Waals surface area contributed by atoms with Crippen molar-refractivity contribution in [2.24, 2.45) is 0 Å². The monoisotopic (exact) mass is 244 g/mol. The van der Waals surface area contributed by atoms with Crippen molar-refractivity contribution in [3.63, 3.8) is 0 Å². The van der Waals surface area contributed by atoms with E-state index in [-0.39, 0.29) is 12.1 Å². The second-order valence-electron chi connectivity index (χ2n) is 4.38. The first kappa shape index (κ1) is 15.7. The standard InChI is InChI=1S/C12H24N2O3/c1-5-7-9(3)14(4)12(17)13-10(8-6-2)11(15)16/h9-10H,5-8H2,1-4H3,(H,13,17)(H,15,16). The number of carboxylic acid groups (broad SMARTS) is 1. The number of hydrogen-bond donors (Lipinski definition) is 2. The summed E-state index contributed by atoms with van der Waals surface area (Å²) in [6.07, 6.45) is 3.09. The zero-order valence-corrected chi connectivity index (χ0v) is 11.2. The lowest BCUT2D eigenvalue weighted by molar-refractivity contribution is -0.139. The molecule has 5 heteroatoms. The van der Waals surface area contributed by atoms with Gasteiger partial charge in [0, 0.05) is 13.1 Å². The van der Waals surface area contributed by atoms with Crippen LogP contribution in [0.15, 0.2) is 0 Å². The van der Waals surface area contributed by atoms with Crippen LogP contribution in [0.25, 0.3) is 0 Å². The molecule has 0 aliphatic heterocycles. The first-order chi connectivity index (χ1) is 7.93. The fraction of sp³-hybridized carbons (Fsp3) is 0.833. The van der Waals surface area contributed by atoms with Crippen molar-refractivity contribution in [1.82, 2.24) is 10.2 Å². The molecule has 0 radical (unpaired) electrons. The van der Waals surface area contributed by atoms with Crippen molar-refractivity contribution in [1.29, 1.82) is 0 Å². The third-order valence-corrected chi connectivity index (χ3v) is 2.86. The van der Waals surface area contributed by atoms with E-state index >= 15 is 0 Å². The molecule has 0 spiro atoms. The highest BCUT2D eigenvalue weighted by Gasteiger charge is 2.22. The molecule has 2 amide bonds. The first-order valence-electron chi connectivity index (χ1n) is 6.20. The minimum atomic E-state index is -0.975. The molecule has 17 heavy (non-hydrogen) atoms. The van der Waals surface area contributed by atoms with E-state index in [9.17, 15) is 9.59 Å². The van der Waals surface area contributed by atoms with Crippen molar-refractivity contribution < 1.29 is 14.7 Å². The molecule has 2 unspecified atom stereocenters. The van der Waals surface area contributed by atoms with Crippen LogP contribution < -0.4 is 5.32 Å². The van der Waals surface area contributed by atoms with Gasteiger partial charge < -0.3 is 15.3 Å². The molecule has 5 nitrogen and oxygen atoms in total. The second kappa shape index (κ2) is 7.92. The van der Waals surface area contributed by atoms with Gasteiger partial charge in [-0.25, -0.2) is 9.59 Å². The smallest absolute Gasteiger partial charge is 0.326 e. The third-order valence-electron chi connectivity index (χ3n) is 2.86. The number of rotatable bonds is 7. The highest BCUT2D eigenvalue weighted by Crippen LogP contribution is 2.05. The highest BCUT2D eigenvalue weighted by molar-refractivity contribution is 5.82. The van der Waals surface area contributed by atoms with Gasteiger partial charge in [0.1, 0.15) is 6.04 Å². The van der Waals surface area contributed by atoms with Gasteiger partial charge in [-0.3, -0.25) is 0 Å². The maximum absolute atomic E-state index is 11.8. The zero-order chi connectivity index (χ0) is 13.4. The van der Waals surface area contributed by atoms with Crippen molar-refractivity contribution >= 4 is 12.0 Å². The van der Waals surface area contributed by atoms with Gasteiger partial charge in [0.05, 0.1) is 0 Å². The van der Waals surface area contributed by atoms with Crippen molar-refractivity contribution in [2.75, 3.05) is 7.05 Å². The van der Waals surface area contributed by atoms with E-state index in [1.807, 2.05) is 13.8 Å². The van der Waals surface area contributed by atoms with Gasteiger partial charge in [-0.05, 0) is 19.8 Å². The Morgan fingerprint density at radius 1 is 1.24 bits per heavy atom. The summed E-state index contributed by atoms with van der Waals surface area (Å²) in [6, 6.07) is -0.980. The summed E-state index contributed by atoms with van der Waals surface area (Å²) in [4.78, 5) is 24.3. The Balaban J connectivity index is 4.34. The molecule has 0 fully saturated rings. The largest absolute Gasteiger partial charge is 0.480 e. The molecule has 0 saturated carbocycles. The van der Waals surface area contributed by atoms with E-state index in [1.165, 1.54) is 0 Å². The van der Waals surface area contributed by atoms with Gasteiger partial charge in [0.25, 0.3) is 0 Å². The molecule has 2 atom stereocenters. The molecule has 100 valence electrons. The maximum atomic E-state index is 11.8. The third kappa shape index (κ3) is 5.56. The summed E-state index contributed by atoms with van der Waals surface area (Å²) < 4.78 is 0. The molecule has 2 N–H and O–H groups in total. The average Bonchev–Trinajstić information content (AvgIpc) is 2.27. The Morgan fingerprint density at radius 2 is 1.76 bits per heavy atom. The molecule has 0 aliphatic carbocycles. The van der Waals surface area contributed by atoms with Crippen LogP contribution in [0.5, 0.6) is 0 Å². The predicted molar refractivity (Wildman–Crippen MR) is 67.0 cm³/mol. The van der Waals surface area contributed by atoms with Gasteiger partial charge in [-0.1, -0.05) is 26.7 Å². The van der Waals surface area contributed by atoms with Crippen LogP contribution in [-0.2, 0) is 4.79 Å². The molecule has 0 aromatic rings. The van der Waals surface area contributed by atoms with Crippen LogP contribution in [0, 0.1) is 0 Å². The highest BCUT2D eigenvalue weighted by atomic mass is 16.4. The van der Waals surface area contributed by atoms with E-state index in [0.717, 1.165) is 19.3 Å². The number of nitrogens with zero attached hydrogens (tertiary/aromatic N) is 1. The van der Waals surface area contributed by atoms with Crippen LogP contribution in [0.4, 0.5) is 4.79 Å². The number of carboxylic acids is 1. The summed E-state index contributed by atoms with van der Waals surface area (Å²) in [5.41, 5.74) is 0. The van der Waals surface area contributed by atoms with E-state index in [4.69, 9.17) is 5.11 Å². The van der Waals surface area contributed by atoms with Crippen molar-refractivity contribution in [2.45, 2.75) is 58.5 Å². The Bertz CT molecular complexity index is 256. The average molecular weight is 244 g/mol. The molecule has 0 aromatic heterocycles. The lowest BCUT2D eigenvalue weighted by Crippen LogP contribution is -2.49. The van der Waals surface area contributed by atoms with Crippen LogP contribution in [0.1, 0.15) is 46.5 Å². The SMILES string of the molecule is CCCC(NC(=O)N(C)C(C)CCC)C(=O)O. The molecule has 0 heterocycles. The Morgan fingerprint density at radius 3 is 2.18 bits per heavy atom. The van der Waals surface area contributed by atoms with Gasteiger partial charge in [0.2, 0.25) is 0 Å². The number of hydrogen-bond acceptors (Lipinski definition) is 2. The maximum Gasteiger partial charge on any atom is 0.326 e. The van der Waals surface area contributed by atoms with E-state index < -0.39 is 12.0 Å². The number of carbonyl (C=O) groups excluding carboxylic acids is 1. The summed E-state index contributed by atoms with van der Waals surface area (Å²) in [6.45, 7) is 5.91.